The molecule has 0 aliphatic carbocycles. The Bertz CT molecular complexity index is 1200. The lowest BCUT2D eigenvalue weighted by atomic mass is 10.1. The molecule has 194 valence electrons. The van der Waals surface area contributed by atoms with Gasteiger partial charge < -0.3 is 0 Å². The lowest BCUT2D eigenvalue weighted by molar-refractivity contribution is 0.599. The van der Waals surface area contributed by atoms with Crippen LogP contribution in [0.1, 0.15) is 52.4 Å². The molecule has 0 spiro atoms. The molecule has 4 heteroatoms. The minimum Gasteiger partial charge on any atom is -0.0795 e. The number of hydrogen-bond donors (Lipinski definition) is 0. The lowest BCUT2D eigenvalue weighted by Crippen LogP contribution is -2.42. The number of benzene rings is 4. The Kier molecular flexibility index (Phi) is 8.51. The van der Waals surface area contributed by atoms with E-state index < -0.39 is 0 Å². The van der Waals surface area contributed by atoms with E-state index in [1.807, 2.05) is 23.5 Å². The van der Waals surface area contributed by atoms with Gasteiger partial charge in [0.2, 0.25) is 0 Å². The van der Waals surface area contributed by atoms with Crippen molar-refractivity contribution in [2.24, 2.45) is 0 Å². The molecular formula is C34H36S4+2. The fourth-order valence-corrected chi connectivity index (χ4v) is 15.2. The molecule has 0 saturated heterocycles. The largest absolute Gasteiger partial charge is 0.177 e. The maximum absolute atomic E-state index is 2.44. The van der Waals surface area contributed by atoms with Crippen LogP contribution in [0, 0.1) is 0 Å². The number of hydrogen-bond acceptors (Lipinski definition) is 2. The van der Waals surface area contributed by atoms with Crippen molar-refractivity contribution in [2.45, 2.75) is 102 Å². The molecule has 2 heterocycles. The first-order valence-electron chi connectivity index (χ1n) is 14.0. The molecule has 4 aromatic rings. The average Bonchev–Trinajstić information content (AvgIpc) is 2.97. The van der Waals surface area contributed by atoms with Crippen LogP contribution in [0.15, 0.2) is 136 Å². The Labute approximate surface area is 243 Å². The van der Waals surface area contributed by atoms with Crippen molar-refractivity contribution in [3.63, 3.8) is 0 Å². The van der Waals surface area contributed by atoms with Crippen LogP contribution in [0.3, 0.4) is 0 Å². The fourth-order valence-electron chi connectivity index (χ4n) is 5.71. The van der Waals surface area contributed by atoms with Gasteiger partial charge in [0.05, 0.1) is 41.4 Å². The van der Waals surface area contributed by atoms with Crippen molar-refractivity contribution in [3.8, 4) is 0 Å². The van der Waals surface area contributed by atoms with Gasteiger partial charge >= 0.3 is 0 Å². The molecule has 6 rings (SSSR count). The molecule has 0 radical (unpaired) electrons. The molecule has 2 atom stereocenters. The van der Waals surface area contributed by atoms with Crippen molar-refractivity contribution in [2.75, 3.05) is 0 Å². The zero-order chi connectivity index (χ0) is 25.9. The highest BCUT2D eigenvalue weighted by molar-refractivity contribution is 8.06. The smallest absolute Gasteiger partial charge is 0.0795 e. The molecule has 0 N–H and O–H groups in total. The summed E-state index contributed by atoms with van der Waals surface area (Å²) in [5.41, 5.74) is 0. The minimum absolute atomic E-state index is 0.0567. The summed E-state index contributed by atoms with van der Waals surface area (Å²) < 4.78 is 0. The van der Waals surface area contributed by atoms with Gasteiger partial charge in [-0.2, -0.15) is 0 Å². The topological polar surface area (TPSA) is 0 Å². The van der Waals surface area contributed by atoms with Crippen molar-refractivity contribution >= 4 is 45.3 Å². The summed E-state index contributed by atoms with van der Waals surface area (Å²) in [7, 11) is 0.113. The highest BCUT2D eigenvalue weighted by Crippen LogP contribution is 2.53. The van der Waals surface area contributed by atoms with Gasteiger partial charge in [-0.05, 0) is 61.4 Å². The molecule has 38 heavy (non-hydrogen) atoms. The van der Waals surface area contributed by atoms with E-state index in [2.05, 4.69) is 111 Å². The molecule has 0 saturated carbocycles. The normalized spacial score (nSPS) is 16.2. The van der Waals surface area contributed by atoms with E-state index in [0.29, 0.717) is 10.5 Å². The molecule has 0 nitrogen and oxygen atoms in total. The van der Waals surface area contributed by atoms with Gasteiger partial charge in [-0.15, -0.1) is 0 Å². The first-order valence-corrected chi connectivity index (χ1v) is 18.2. The molecule has 0 amide bonds. The van der Waals surface area contributed by atoms with Crippen LogP contribution >= 0.6 is 23.5 Å². The van der Waals surface area contributed by atoms with Gasteiger partial charge in [0, 0.05) is 12.8 Å². The second kappa shape index (κ2) is 12.2. The third-order valence-corrected chi connectivity index (χ3v) is 16.1. The summed E-state index contributed by atoms with van der Waals surface area (Å²) >= 11 is 3.95. The fraction of sp³-hybridized carbons (Fsp3) is 0.294. The van der Waals surface area contributed by atoms with Crippen LogP contribution in [0.25, 0.3) is 0 Å². The van der Waals surface area contributed by atoms with E-state index >= 15 is 0 Å². The summed E-state index contributed by atoms with van der Waals surface area (Å²) in [5, 5.41) is 1.24. The Hall–Kier alpha value is -1.72. The first kappa shape index (κ1) is 26.5. The predicted molar refractivity (Wildman–Crippen MR) is 168 cm³/mol. The van der Waals surface area contributed by atoms with Crippen molar-refractivity contribution < 1.29 is 0 Å². The first-order chi connectivity index (χ1) is 18.8. The molecule has 4 aromatic carbocycles. The van der Waals surface area contributed by atoms with Gasteiger partial charge in [0.15, 0.2) is 30.1 Å². The predicted octanol–water partition coefficient (Wildman–Crippen LogP) is 10.5. The van der Waals surface area contributed by atoms with E-state index in [4.69, 9.17) is 0 Å². The molecule has 0 fully saturated rings. The van der Waals surface area contributed by atoms with Crippen LogP contribution in [0.4, 0.5) is 0 Å². The lowest BCUT2D eigenvalue weighted by Gasteiger charge is -2.32. The van der Waals surface area contributed by atoms with Crippen molar-refractivity contribution in [1.29, 1.82) is 0 Å². The summed E-state index contributed by atoms with van der Waals surface area (Å²) in [6, 6.07) is 37.2. The van der Waals surface area contributed by atoms with Crippen LogP contribution in [-0.2, 0) is 21.8 Å². The van der Waals surface area contributed by atoms with Crippen LogP contribution in [-0.4, -0.2) is 10.5 Å². The summed E-state index contributed by atoms with van der Waals surface area (Å²) in [4.78, 5) is 12.2. The standard InChI is InChI=1S/C34H36S4/c1-3-5-19-33(37-29-21-11-7-15-25(29)35-26-16-8-12-22-30(26)37)34(20-6-4-2)38-31-23-13-9-17-27(31)36-28-18-10-14-24-32(28)38/h7-18,21-24,33-34H,3-6,19-20H2,1-2H3/q+2/t33-,34+. The van der Waals surface area contributed by atoms with Gasteiger partial charge in [0.1, 0.15) is 0 Å². The second-order valence-electron chi connectivity index (χ2n) is 10.0. The maximum Gasteiger partial charge on any atom is 0.177 e. The molecule has 0 aromatic heterocycles. The molecule has 0 unspecified atom stereocenters. The number of rotatable bonds is 9. The van der Waals surface area contributed by atoms with E-state index in [-0.39, 0.29) is 21.8 Å². The van der Waals surface area contributed by atoms with Gasteiger partial charge in [-0.3, -0.25) is 0 Å². The SMILES string of the molecule is CCCC[C@H]([C@H](CCCC)[S+]1c2ccccc2Sc2ccccc21)[S+]1c2ccccc2Sc2ccccc21. The zero-order valence-electron chi connectivity index (χ0n) is 22.3. The Morgan fingerprint density at radius 1 is 0.474 bits per heavy atom. The third-order valence-electron chi connectivity index (χ3n) is 7.49. The molecule has 2 aliphatic heterocycles. The van der Waals surface area contributed by atoms with E-state index in [0.717, 1.165) is 0 Å². The van der Waals surface area contributed by atoms with E-state index in [1.54, 1.807) is 19.6 Å². The minimum atomic E-state index is 0.0567. The monoisotopic (exact) mass is 572 g/mol. The molecule has 0 bridgehead atoms. The highest BCUT2D eigenvalue weighted by Gasteiger charge is 2.54. The summed E-state index contributed by atoms with van der Waals surface area (Å²) in [6.07, 6.45) is 7.68. The highest BCUT2D eigenvalue weighted by atomic mass is 32.2. The Morgan fingerprint density at radius 3 is 1.05 bits per heavy atom. The van der Waals surface area contributed by atoms with E-state index in [9.17, 15) is 0 Å². The quantitative estimate of drug-likeness (QED) is 0.183. The molecular weight excluding hydrogens is 537 g/mol. The third kappa shape index (κ3) is 5.10. The van der Waals surface area contributed by atoms with Crippen LogP contribution in [0.2, 0.25) is 0 Å². The van der Waals surface area contributed by atoms with Crippen molar-refractivity contribution in [1.82, 2.24) is 0 Å². The Morgan fingerprint density at radius 2 is 0.763 bits per heavy atom. The van der Waals surface area contributed by atoms with Gasteiger partial charge in [-0.25, -0.2) is 0 Å². The summed E-state index contributed by atoms with van der Waals surface area (Å²) in [6.45, 7) is 4.73. The second-order valence-corrected chi connectivity index (χ2v) is 16.5. The van der Waals surface area contributed by atoms with E-state index in [1.165, 1.54) is 58.1 Å². The van der Waals surface area contributed by atoms with Crippen molar-refractivity contribution in [3.05, 3.63) is 97.1 Å². The average molecular weight is 573 g/mol. The van der Waals surface area contributed by atoms with Crippen LogP contribution in [0.5, 0.6) is 0 Å². The Balaban J connectivity index is 1.55. The summed E-state index contributed by atoms with van der Waals surface area (Å²) in [5.74, 6) is 0. The molecule has 2 aliphatic rings. The zero-order valence-corrected chi connectivity index (χ0v) is 25.5. The number of unbranched alkanes of at least 4 members (excludes halogenated alkanes) is 2. The van der Waals surface area contributed by atoms with Gasteiger partial charge in [0.25, 0.3) is 0 Å². The number of fused-ring (bicyclic) bond motifs is 4. The van der Waals surface area contributed by atoms with Gasteiger partial charge in [-0.1, -0.05) is 98.7 Å². The maximum atomic E-state index is 2.44. The van der Waals surface area contributed by atoms with Crippen LogP contribution < -0.4 is 0 Å².